The Labute approximate surface area is 194 Å². The molecule has 0 fully saturated rings. The van der Waals surface area contributed by atoms with E-state index in [1.54, 1.807) is 17.7 Å². The number of carbonyl (C=O) groups is 1. The number of thiophene rings is 1. The Kier molecular flexibility index (Phi) is 5.95. The third-order valence-corrected chi connectivity index (χ3v) is 8.08. The first kappa shape index (κ1) is 21.5. The number of carbonyl (C=O) groups excluding carboxylic acids is 1. The van der Waals surface area contributed by atoms with Crippen molar-refractivity contribution in [2.45, 2.75) is 51.0 Å². The number of rotatable bonds is 6. The van der Waals surface area contributed by atoms with E-state index in [-0.39, 0.29) is 17.4 Å². The molecule has 0 bridgehead atoms. The standard InChI is InChI=1S/C25H24FN3OS2/c1-14(2)11-19-17-5-3-4-6-18(17)21-22-23(32-24(21)29-19)25(28-13-27-22)31-12-20(30)15-7-9-16(26)10-8-15/h7-10,13-14H,3-6,11-12H2,1-2H3. The van der Waals surface area contributed by atoms with E-state index in [4.69, 9.17) is 4.98 Å². The molecule has 0 N–H and O–H groups in total. The molecule has 0 atom stereocenters. The van der Waals surface area contributed by atoms with Crippen LogP contribution >= 0.6 is 23.1 Å². The highest BCUT2D eigenvalue weighted by molar-refractivity contribution is 8.00. The smallest absolute Gasteiger partial charge is 0.173 e. The van der Waals surface area contributed by atoms with Gasteiger partial charge in [-0.15, -0.1) is 11.3 Å². The van der Waals surface area contributed by atoms with Gasteiger partial charge in [0.2, 0.25) is 0 Å². The van der Waals surface area contributed by atoms with E-state index < -0.39 is 0 Å². The van der Waals surface area contributed by atoms with Gasteiger partial charge in [0.25, 0.3) is 0 Å². The molecule has 0 aliphatic heterocycles. The number of Topliss-reactive ketones (excluding diaryl/α,β-unsaturated/α-hetero) is 1. The number of halogens is 1. The molecule has 0 saturated carbocycles. The first-order valence-corrected chi connectivity index (χ1v) is 12.8. The van der Waals surface area contributed by atoms with Crippen LogP contribution in [0.3, 0.4) is 0 Å². The van der Waals surface area contributed by atoms with Gasteiger partial charge in [0, 0.05) is 16.6 Å². The molecule has 4 nitrogen and oxygen atoms in total. The lowest BCUT2D eigenvalue weighted by Gasteiger charge is -2.20. The van der Waals surface area contributed by atoms with Crippen molar-refractivity contribution < 1.29 is 9.18 Å². The molecule has 3 heterocycles. The topological polar surface area (TPSA) is 55.7 Å². The van der Waals surface area contributed by atoms with Gasteiger partial charge in [-0.05, 0) is 73.4 Å². The van der Waals surface area contributed by atoms with E-state index in [9.17, 15) is 9.18 Å². The first-order valence-electron chi connectivity index (χ1n) is 11.0. The molecule has 0 unspecified atom stereocenters. The lowest BCUT2D eigenvalue weighted by atomic mass is 9.87. The summed E-state index contributed by atoms with van der Waals surface area (Å²) < 4.78 is 14.2. The molecule has 32 heavy (non-hydrogen) atoms. The minimum Gasteiger partial charge on any atom is -0.293 e. The Morgan fingerprint density at radius 2 is 1.88 bits per heavy atom. The van der Waals surface area contributed by atoms with Crippen LogP contribution in [0.5, 0.6) is 0 Å². The van der Waals surface area contributed by atoms with Crippen molar-refractivity contribution in [3.8, 4) is 0 Å². The molecule has 0 spiro atoms. The number of pyridine rings is 1. The van der Waals surface area contributed by atoms with Crippen LogP contribution in [-0.4, -0.2) is 26.5 Å². The van der Waals surface area contributed by atoms with Gasteiger partial charge in [0.1, 0.15) is 22.0 Å². The Morgan fingerprint density at radius 1 is 1.12 bits per heavy atom. The summed E-state index contributed by atoms with van der Waals surface area (Å²) in [5, 5.41) is 1.99. The van der Waals surface area contributed by atoms with Gasteiger partial charge in [0.15, 0.2) is 5.78 Å². The number of ketones is 1. The predicted octanol–water partition coefficient (Wildman–Crippen LogP) is 6.43. The van der Waals surface area contributed by atoms with Crippen LogP contribution in [0.1, 0.15) is 53.9 Å². The zero-order valence-electron chi connectivity index (χ0n) is 18.2. The molecule has 1 aromatic carbocycles. The van der Waals surface area contributed by atoms with Gasteiger partial charge in [0.05, 0.1) is 16.0 Å². The fraction of sp³-hybridized carbons (Fsp3) is 0.360. The number of hydrogen-bond donors (Lipinski definition) is 0. The Balaban J connectivity index is 1.54. The maximum absolute atomic E-state index is 13.2. The Morgan fingerprint density at radius 3 is 2.62 bits per heavy atom. The van der Waals surface area contributed by atoms with E-state index in [1.807, 2.05) is 0 Å². The van der Waals surface area contributed by atoms with Gasteiger partial charge in [-0.3, -0.25) is 4.79 Å². The van der Waals surface area contributed by atoms with E-state index in [2.05, 4.69) is 23.8 Å². The second-order valence-electron chi connectivity index (χ2n) is 8.68. The van der Waals surface area contributed by atoms with Crippen molar-refractivity contribution in [3.05, 3.63) is 58.8 Å². The zero-order valence-corrected chi connectivity index (χ0v) is 19.8. The molecule has 0 radical (unpaired) electrons. The van der Waals surface area contributed by atoms with Crippen LogP contribution in [0.4, 0.5) is 4.39 Å². The minimum atomic E-state index is -0.343. The molecular formula is C25H24FN3OS2. The maximum atomic E-state index is 13.2. The van der Waals surface area contributed by atoms with E-state index >= 15 is 0 Å². The number of thioether (sulfide) groups is 1. The highest BCUT2D eigenvalue weighted by Crippen LogP contribution is 2.41. The number of nitrogens with zero attached hydrogens (tertiary/aromatic N) is 3. The lowest BCUT2D eigenvalue weighted by molar-refractivity contribution is 0.102. The second kappa shape index (κ2) is 8.87. The third-order valence-electron chi connectivity index (χ3n) is 5.88. The summed E-state index contributed by atoms with van der Waals surface area (Å²) in [7, 11) is 0. The molecular weight excluding hydrogens is 441 g/mol. The monoisotopic (exact) mass is 465 g/mol. The van der Waals surface area contributed by atoms with E-state index in [0.717, 1.165) is 39.3 Å². The molecule has 1 aliphatic rings. The van der Waals surface area contributed by atoms with Gasteiger partial charge in [-0.25, -0.2) is 19.3 Å². The number of fused-ring (bicyclic) bond motifs is 5. The summed E-state index contributed by atoms with van der Waals surface area (Å²) in [5.74, 6) is 0.418. The van der Waals surface area contributed by atoms with Crippen LogP contribution in [0, 0.1) is 11.7 Å². The van der Waals surface area contributed by atoms with Crippen molar-refractivity contribution in [1.29, 1.82) is 0 Å². The summed E-state index contributed by atoms with van der Waals surface area (Å²) in [4.78, 5) is 27.8. The predicted molar refractivity (Wildman–Crippen MR) is 129 cm³/mol. The first-order chi connectivity index (χ1) is 15.5. The van der Waals surface area contributed by atoms with Crippen LogP contribution in [0.2, 0.25) is 0 Å². The third kappa shape index (κ3) is 4.04. The summed E-state index contributed by atoms with van der Waals surface area (Å²) in [5.41, 5.74) is 5.55. The number of hydrogen-bond acceptors (Lipinski definition) is 6. The summed E-state index contributed by atoms with van der Waals surface area (Å²) in [6.45, 7) is 4.48. The van der Waals surface area contributed by atoms with Gasteiger partial charge >= 0.3 is 0 Å². The largest absolute Gasteiger partial charge is 0.293 e. The van der Waals surface area contributed by atoms with Crippen LogP contribution in [0.25, 0.3) is 20.4 Å². The quantitative estimate of drug-likeness (QED) is 0.187. The molecule has 7 heteroatoms. The van der Waals surface area contributed by atoms with Gasteiger partial charge in [-0.1, -0.05) is 25.6 Å². The summed E-state index contributed by atoms with van der Waals surface area (Å²) >= 11 is 3.05. The van der Waals surface area contributed by atoms with Crippen molar-refractivity contribution in [1.82, 2.24) is 15.0 Å². The lowest BCUT2D eigenvalue weighted by Crippen LogP contribution is -2.11. The molecule has 1 aliphatic carbocycles. The minimum absolute atomic E-state index is 0.0439. The van der Waals surface area contributed by atoms with Crippen molar-refractivity contribution in [2.24, 2.45) is 5.92 Å². The van der Waals surface area contributed by atoms with E-state index in [1.165, 1.54) is 71.1 Å². The fourth-order valence-corrected chi connectivity index (χ4v) is 6.58. The second-order valence-corrected chi connectivity index (χ2v) is 10.6. The van der Waals surface area contributed by atoms with Crippen LogP contribution in [0.15, 0.2) is 35.6 Å². The maximum Gasteiger partial charge on any atom is 0.173 e. The zero-order chi connectivity index (χ0) is 22.2. The van der Waals surface area contributed by atoms with Crippen molar-refractivity contribution >= 4 is 49.3 Å². The Bertz CT molecular complexity index is 1310. The number of aromatic nitrogens is 3. The van der Waals surface area contributed by atoms with E-state index in [0.29, 0.717) is 11.5 Å². The normalized spacial score (nSPS) is 13.8. The van der Waals surface area contributed by atoms with Crippen molar-refractivity contribution in [3.63, 3.8) is 0 Å². The van der Waals surface area contributed by atoms with Crippen LogP contribution < -0.4 is 0 Å². The van der Waals surface area contributed by atoms with Gasteiger partial charge in [-0.2, -0.15) is 0 Å². The Hall–Kier alpha value is -2.38. The number of benzene rings is 1. The molecule has 4 aromatic rings. The SMILES string of the molecule is CC(C)Cc1nc2sc3c(SCC(=O)c4ccc(F)cc4)ncnc3c2c2c1CCCC2. The molecule has 0 amide bonds. The molecule has 3 aromatic heterocycles. The fourth-order valence-electron chi connectivity index (χ4n) is 4.43. The highest BCUT2D eigenvalue weighted by Gasteiger charge is 2.23. The summed E-state index contributed by atoms with van der Waals surface area (Å²) in [6.07, 6.45) is 7.16. The molecule has 5 rings (SSSR count). The molecule has 164 valence electrons. The van der Waals surface area contributed by atoms with Crippen molar-refractivity contribution in [2.75, 3.05) is 5.75 Å². The summed E-state index contributed by atoms with van der Waals surface area (Å²) in [6, 6.07) is 5.69. The average Bonchev–Trinajstić information content (AvgIpc) is 3.17. The van der Waals surface area contributed by atoms with Crippen LogP contribution in [-0.2, 0) is 19.3 Å². The average molecular weight is 466 g/mol. The molecule has 0 saturated heterocycles. The highest BCUT2D eigenvalue weighted by atomic mass is 32.2. The van der Waals surface area contributed by atoms with Gasteiger partial charge < -0.3 is 0 Å². The number of aryl methyl sites for hydroxylation is 1.